The van der Waals surface area contributed by atoms with E-state index in [1.54, 1.807) is 26.2 Å². The van der Waals surface area contributed by atoms with Crippen molar-refractivity contribution < 1.29 is 23.1 Å². The largest absolute Gasteiger partial charge is 0.496 e. The molecule has 0 saturated heterocycles. The maximum absolute atomic E-state index is 13.4. The Morgan fingerprint density at radius 3 is 2.74 bits per heavy atom. The highest BCUT2D eigenvalue weighted by Gasteiger charge is 2.17. The summed E-state index contributed by atoms with van der Waals surface area (Å²) in [5, 5.41) is 3.22. The van der Waals surface area contributed by atoms with E-state index in [-0.39, 0.29) is 11.9 Å². The molecule has 1 aromatic carbocycles. The molecule has 0 radical (unpaired) electrons. The SMILES string of the molecule is COC(=O)c1cc(CNC(C)c2cc(F)ccc2OC)oc1C. The van der Waals surface area contributed by atoms with E-state index >= 15 is 0 Å². The first-order valence-electron chi connectivity index (χ1n) is 7.20. The third kappa shape index (κ3) is 3.90. The van der Waals surface area contributed by atoms with Crippen molar-refractivity contribution in [2.24, 2.45) is 0 Å². The predicted octanol–water partition coefficient (Wildman–Crippen LogP) is 3.37. The molecule has 0 aliphatic heterocycles. The molecule has 124 valence electrons. The molecule has 1 unspecified atom stereocenters. The summed E-state index contributed by atoms with van der Waals surface area (Å²) in [6.45, 7) is 3.99. The number of halogens is 1. The number of esters is 1. The fraction of sp³-hybridized carbons (Fsp3) is 0.353. The summed E-state index contributed by atoms with van der Waals surface area (Å²) < 4.78 is 28.9. The number of rotatable bonds is 6. The van der Waals surface area contributed by atoms with Crippen molar-refractivity contribution in [3.8, 4) is 5.75 Å². The molecule has 0 saturated carbocycles. The van der Waals surface area contributed by atoms with Gasteiger partial charge in [-0.05, 0) is 38.1 Å². The van der Waals surface area contributed by atoms with Crippen LogP contribution in [0.1, 0.15) is 40.4 Å². The van der Waals surface area contributed by atoms with Crippen molar-refractivity contribution in [3.63, 3.8) is 0 Å². The van der Waals surface area contributed by atoms with Crippen LogP contribution >= 0.6 is 0 Å². The third-order valence-electron chi connectivity index (χ3n) is 3.61. The fourth-order valence-corrected chi connectivity index (χ4v) is 2.35. The molecule has 1 heterocycles. The smallest absolute Gasteiger partial charge is 0.341 e. The summed E-state index contributed by atoms with van der Waals surface area (Å²) in [4.78, 5) is 11.6. The highest BCUT2D eigenvalue weighted by Crippen LogP contribution is 2.26. The highest BCUT2D eigenvalue weighted by molar-refractivity contribution is 5.90. The second-order valence-corrected chi connectivity index (χ2v) is 5.16. The molecule has 5 nitrogen and oxygen atoms in total. The molecule has 0 spiro atoms. The van der Waals surface area contributed by atoms with E-state index in [9.17, 15) is 9.18 Å². The van der Waals surface area contributed by atoms with Gasteiger partial charge in [-0.3, -0.25) is 0 Å². The zero-order valence-corrected chi connectivity index (χ0v) is 13.6. The molecule has 0 fully saturated rings. The van der Waals surface area contributed by atoms with Gasteiger partial charge in [0.15, 0.2) is 0 Å². The number of furan rings is 1. The Morgan fingerprint density at radius 1 is 1.35 bits per heavy atom. The molecular formula is C17H20FNO4. The second kappa shape index (κ2) is 7.28. The standard InChI is InChI=1S/C17H20FNO4/c1-10(14-7-12(18)5-6-16(14)21-3)19-9-13-8-15(11(2)23-13)17(20)22-4/h5-8,10,19H,9H2,1-4H3. The molecule has 0 amide bonds. The van der Waals surface area contributed by atoms with Crippen molar-refractivity contribution in [3.05, 3.63) is 52.7 Å². The van der Waals surface area contributed by atoms with Crippen molar-refractivity contribution in [1.82, 2.24) is 5.32 Å². The number of hydrogen-bond donors (Lipinski definition) is 1. The van der Waals surface area contributed by atoms with Gasteiger partial charge >= 0.3 is 5.97 Å². The predicted molar refractivity (Wildman–Crippen MR) is 83.0 cm³/mol. The molecule has 1 atom stereocenters. The Morgan fingerprint density at radius 2 is 2.09 bits per heavy atom. The molecule has 0 bridgehead atoms. The number of hydrogen-bond acceptors (Lipinski definition) is 5. The zero-order valence-electron chi connectivity index (χ0n) is 13.6. The van der Waals surface area contributed by atoms with Crippen LogP contribution in [0.4, 0.5) is 4.39 Å². The summed E-state index contributed by atoms with van der Waals surface area (Å²) in [5.41, 5.74) is 1.12. The number of ether oxygens (including phenoxy) is 2. The number of carbonyl (C=O) groups excluding carboxylic acids is 1. The molecule has 1 aromatic heterocycles. The first kappa shape index (κ1) is 17.0. The lowest BCUT2D eigenvalue weighted by atomic mass is 10.1. The summed E-state index contributed by atoms with van der Waals surface area (Å²) in [6, 6.07) is 5.86. The Labute approximate surface area is 134 Å². The van der Waals surface area contributed by atoms with Crippen LogP contribution in [-0.2, 0) is 11.3 Å². The van der Waals surface area contributed by atoms with Crippen LogP contribution in [0, 0.1) is 12.7 Å². The lowest BCUT2D eigenvalue weighted by Crippen LogP contribution is -2.18. The van der Waals surface area contributed by atoms with Crippen LogP contribution in [-0.4, -0.2) is 20.2 Å². The molecule has 0 aliphatic rings. The van der Waals surface area contributed by atoms with E-state index in [0.29, 0.717) is 34.9 Å². The van der Waals surface area contributed by atoms with Crippen LogP contribution in [0.25, 0.3) is 0 Å². The molecule has 23 heavy (non-hydrogen) atoms. The molecule has 6 heteroatoms. The van der Waals surface area contributed by atoms with E-state index in [1.807, 2.05) is 6.92 Å². The topological polar surface area (TPSA) is 60.7 Å². The van der Waals surface area contributed by atoms with Gasteiger partial charge in [0.25, 0.3) is 0 Å². The number of benzene rings is 1. The Bertz CT molecular complexity index is 696. The number of methoxy groups -OCH3 is 2. The van der Waals surface area contributed by atoms with Crippen LogP contribution in [0.2, 0.25) is 0 Å². The summed E-state index contributed by atoms with van der Waals surface area (Å²) in [7, 11) is 2.87. The fourth-order valence-electron chi connectivity index (χ4n) is 2.35. The summed E-state index contributed by atoms with van der Waals surface area (Å²) in [5.74, 6) is 0.959. The van der Waals surface area contributed by atoms with Gasteiger partial charge in [0, 0.05) is 11.6 Å². The van der Waals surface area contributed by atoms with Gasteiger partial charge in [-0.15, -0.1) is 0 Å². The van der Waals surface area contributed by atoms with E-state index < -0.39 is 5.97 Å². The van der Waals surface area contributed by atoms with Gasteiger partial charge in [0.1, 0.15) is 28.7 Å². The maximum Gasteiger partial charge on any atom is 0.341 e. The summed E-state index contributed by atoms with van der Waals surface area (Å²) >= 11 is 0. The van der Waals surface area contributed by atoms with E-state index in [2.05, 4.69) is 5.32 Å². The van der Waals surface area contributed by atoms with Gasteiger partial charge in [0.2, 0.25) is 0 Å². The molecule has 2 aromatic rings. The molecule has 2 rings (SSSR count). The molecule has 0 aliphatic carbocycles. The number of aryl methyl sites for hydroxylation is 1. The third-order valence-corrected chi connectivity index (χ3v) is 3.61. The van der Waals surface area contributed by atoms with Crippen LogP contribution < -0.4 is 10.1 Å². The van der Waals surface area contributed by atoms with E-state index in [1.165, 1.54) is 19.2 Å². The minimum atomic E-state index is -0.433. The van der Waals surface area contributed by atoms with Gasteiger partial charge in [-0.1, -0.05) is 0 Å². The Kier molecular flexibility index (Phi) is 5.39. The summed E-state index contributed by atoms with van der Waals surface area (Å²) in [6.07, 6.45) is 0. The average molecular weight is 321 g/mol. The first-order chi connectivity index (χ1) is 11.0. The van der Waals surface area contributed by atoms with Crippen molar-refractivity contribution in [1.29, 1.82) is 0 Å². The maximum atomic E-state index is 13.4. The number of nitrogens with one attached hydrogen (secondary N) is 1. The second-order valence-electron chi connectivity index (χ2n) is 5.16. The zero-order chi connectivity index (χ0) is 17.0. The van der Waals surface area contributed by atoms with Crippen LogP contribution in [0.5, 0.6) is 5.75 Å². The van der Waals surface area contributed by atoms with Crippen molar-refractivity contribution in [2.45, 2.75) is 26.4 Å². The lowest BCUT2D eigenvalue weighted by Gasteiger charge is -2.16. The van der Waals surface area contributed by atoms with Gasteiger partial charge in [-0.25, -0.2) is 9.18 Å². The normalized spacial score (nSPS) is 12.0. The lowest BCUT2D eigenvalue weighted by molar-refractivity contribution is 0.0599. The van der Waals surface area contributed by atoms with Gasteiger partial charge in [-0.2, -0.15) is 0 Å². The van der Waals surface area contributed by atoms with Crippen LogP contribution in [0.3, 0.4) is 0 Å². The monoisotopic (exact) mass is 321 g/mol. The Balaban J connectivity index is 2.09. The van der Waals surface area contributed by atoms with Crippen molar-refractivity contribution >= 4 is 5.97 Å². The van der Waals surface area contributed by atoms with E-state index in [0.717, 1.165) is 0 Å². The van der Waals surface area contributed by atoms with Crippen LogP contribution in [0.15, 0.2) is 28.7 Å². The average Bonchev–Trinajstić information content (AvgIpc) is 2.92. The molecular weight excluding hydrogens is 301 g/mol. The highest BCUT2D eigenvalue weighted by atomic mass is 19.1. The van der Waals surface area contributed by atoms with Crippen molar-refractivity contribution in [2.75, 3.05) is 14.2 Å². The van der Waals surface area contributed by atoms with Gasteiger partial charge < -0.3 is 19.2 Å². The minimum Gasteiger partial charge on any atom is -0.496 e. The molecule has 1 N–H and O–H groups in total. The van der Waals surface area contributed by atoms with E-state index in [4.69, 9.17) is 13.9 Å². The first-order valence-corrected chi connectivity index (χ1v) is 7.20. The minimum absolute atomic E-state index is 0.160. The number of carbonyl (C=O) groups is 1. The Hall–Kier alpha value is -2.34. The van der Waals surface area contributed by atoms with Gasteiger partial charge in [0.05, 0.1) is 20.8 Å². The quantitative estimate of drug-likeness (QED) is 0.827.